The number of amides is 2. The van der Waals surface area contributed by atoms with Crippen molar-refractivity contribution < 1.29 is 9.59 Å². The van der Waals surface area contributed by atoms with Crippen LogP contribution in [0.15, 0.2) is 48.3 Å². The smallest absolute Gasteiger partial charge is 0.270 e. The number of nitrogens with one attached hydrogen (secondary N) is 1. The third-order valence-electron chi connectivity index (χ3n) is 3.56. The molecule has 1 fully saturated rings. The highest BCUT2D eigenvalue weighted by molar-refractivity contribution is 7.80. The first-order chi connectivity index (χ1) is 11.0. The molecule has 1 saturated heterocycles. The molecule has 1 aliphatic rings. The summed E-state index contributed by atoms with van der Waals surface area (Å²) in [7, 11) is 1.87. The summed E-state index contributed by atoms with van der Waals surface area (Å²) >= 11 is 5.16. The van der Waals surface area contributed by atoms with Crippen LogP contribution in [-0.4, -0.2) is 21.5 Å². The lowest BCUT2D eigenvalue weighted by atomic mass is 10.1. The van der Waals surface area contributed by atoms with Crippen LogP contribution in [0.1, 0.15) is 11.1 Å². The lowest BCUT2D eigenvalue weighted by Crippen LogP contribution is -2.54. The number of rotatable bonds is 2. The Kier molecular flexibility index (Phi) is 3.83. The number of carbonyl (C=O) groups excluding carboxylic acids is 2. The maximum absolute atomic E-state index is 12.7. The summed E-state index contributed by atoms with van der Waals surface area (Å²) in [6.45, 7) is 1.96. The van der Waals surface area contributed by atoms with Gasteiger partial charge in [-0.3, -0.25) is 19.8 Å². The zero-order valence-corrected chi connectivity index (χ0v) is 13.6. The lowest BCUT2D eigenvalue weighted by Gasteiger charge is -2.28. The van der Waals surface area contributed by atoms with Gasteiger partial charge in [0.15, 0.2) is 5.11 Å². The van der Waals surface area contributed by atoms with Crippen LogP contribution in [0.2, 0.25) is 0 Å². The van der Waals surface area contributed by atoms with E-state index in [0.29, 0.717) is 5.69 Å². The maximum atomic E-state index is 12.7. The molecule has 0 atom stereocenters. The van der Waals surface area contributed by atoms with E-state index in [-0.39, 0.29) is 10.7 Å². The maximum Gasteiger partial charge on any atom is 0.270 e. The van der Waals surface area contributed by atoms with Gasteiger partial charge in [-0.1, -0.05) is 17.7 Å². The molecule has 2 amide bonds. The van der Waals surface area contributed by atoms with E-state index in [0.717, 1.165) is 11.1 Å². The number of benzene rings is 1. The SMILES string of the molecule is Cc1ccc(N2C(=O)/C(=C\c3ccn(C)c3)C(=O)NC2=S)cc1. The summed E-state index contributed by atoms with van der Waals surface area (Å²) in [6.07, 6.45) is 5.25. The number of thiocarbonyl (C=S) groups is 1. The standard InChI is InChI=1S/C17H15N3O2S/c1-11-3-5-13(6-4-11)20-16(22)14(15(21)18-17(20)23)9-12-7-8-19(2)10-12/h3-10H,1-2H3,(H,18,21,23)/b14-9-. The van der Waals surface area contributed by atoms with E-state index >= 15 is 0 Å². The summed E-state index contributed by atoms with van der Waals surface area (Å²) in [5, 5.41) is 2.66. The van der Waals surface area contributed by atoms with Crippen molar-refractivity contribution in [2.45, 2.75) is 6.92 Å². The summed E-state index contributed by atoms with van der Waals surface area (Å²) in [6, 6.07) is 9.22. The van der Waals surface area contributed by atoms with Gasteiger partial charge in [0.1, 0.15) is 5.57 Å². The Balaban J connectivity index is 2.00. The Morgan fingerprint density at radius 2 is 1.83 bits per heavy atom. The lowest BCUT2D eigenvalue weighted by molar-refractivity contribution is -0.122. The topological polar surface area (TPSA) is 54.3 Å². The fourth-order valence-corrected chi connectivity index (χ4v) is 2.64. The van der Waals surface area contributed by atoms with E-state index < -0.39 is 11.8 Å². The van der Waals surface area contributed by atoms with Gasteiger partial charge in [0.2, 0.25) is 0 Å². The van der Waals surface area contributed by atoms with Crippen LogP contribution in [0.3, 0.4) is 0 Å². The van der Waals surface area contributed by atoms with Crippen molar-refractivity contribution in [3.63, 3.8) is 0 Å². The van der Waals surface area contributed by atoms with E-state index in [1.807, 2.05) is 49.1 Å². The Hall–Kier alpha value is -2.73. The van der Waals surface area contributed by atoms with E-state index in [4.69, 9.17) is 12.2 Å². The Morgan fingerprint density at radius 1 is 1.13 bits per heavy atom. The fourth-order valence-electron chi connectivity index (χ4n) is 2.36. The highest BCUT2D eigenvalue weighted by atomic mass is 32.1. The number of aromatic nitrogens is 1. The predicted molar refractivity (Wildman–Crippen MR) is 92.8 cm³/mol. The van der Waals surface area contributed by atoms with Crippen molar-refractivity contribution in [3.05, 3.63) is 59.4 Å². The van der Waals surface area contributed by atoms with Crippen LogP contribution in [0.4, 0.5) is 5.69 Å². The highest BCUT2D eigenvalue weighted by Gasteiger charge is 2.34. The van der Waals surface area contributed by atoms with Gasteiger partial charge in [-0.25, -0.2) is 0 Å². The number of nitrogens with zero attached hydrogens (tertiary/aromatic N) is 2. The number of carbonyl (C=O) groups is 2. The first kappa shape index (κ1) is 15.2. The average molecular weight is 325 g/mol. The van der Waals surface area contributed by atoms with Crippen LogP contribution < -0.4 is 10.2 Å². The van der Waals surface area contributed by atoms with Gasteiger partial charge < -0.3 is 4.57 Å². The summed E-state index contributed by atoms with van der Waals surface area (Å²) in [5.41, 5.74) is 2.55. The molecular weight excluding hydrogens is 310 g/mol. The minimum atomic E-state index is -0.479. The molecule has 1 aromatic carbocycles. The number of hydrogen-bond acceptors (Lipinski definition) is 3. The van der Waals surface area contributed by atoms with Gasteiger partial charge in [0.25, 0.3) is 11.8 Å². The van der Waals surface area contributed by atoms with Crippen LogP contribution in [0.25, 0.3) is 6.08 Å². The Bertz CT molecular complexity index is 834. The van der Waals surface area contributed by atoms with Crippen molar-refractivity contribution >= 4 is 40.9 Å². The molecule has 0 unspecified atom stereocenters. The van der Waals surface area contributed by atoms with Gasteiger partial charge in [0, 0.05) is 19.4 Å². The molecule has 1 aliphatic heterocycles. The first-order valence-corrected chi connectivity index (χ1v) is 7.46. The van der Waals surface area contributed by atoms with E-state index in [2.05, 4.69) is 5.32 Å². The number of anilines is 1. The molecule has 0 saturated carbocycles. The monoisotopic (exact) mass is 325 g/mol. The molecule has 2 aromatic rings. The number of hydrogen-bond donors (Lipinski definition) is 1. The van der Waals surface area contributed by atoms with Crippen molar-refractivity contribution in [3.8, 4) is 0 Å². The molecule has 3 rings (SSSR count). The van der Waals surface area contributed by atoms with Crippen LogP contribution in [0.5, 0.6) is 0 Å². The normalized spacial score (nSPS) is 16.9. The first-order valence-electron chi connectivity index (χ1n) is 7.06. The third-order valence-corrected chi connectivity index (χ3v) is 3.84. The predicted octanol–water partition coefficient (Wildman–Crippen LogP) is 2.16. The second-order valence-corrected chi connectivity index (χ2v) is 5.79. The third kappa shape index (κ3) is 2.93. The largest absolute Gasteiger partial charge is 0.357 e. The van der Waals surface area contributed by atoms with Gasteiger partial charge in [-0.15, -0.1) is 0 Å². The summed E-state index contributed by atoms with van der Waals surface area (Å²) in [4.78, 5) is 26.2. The van der Waals surface area contributed by atoms with Crippen molar-refractivity contribution in [1.29, 1.82) is 0 Å². The molecule has 0 bridgehead atoms. The van der Waals surface area contributed by atoms with Gasteiger partial charge >= 0.3 is 0 Å². The van der Waals surface area contributed by atoms with Gasteiger partial charge in [-0.2, -0.15) is 0 Å². The molecule has 6 heteroatoms. The van der Waals surface area contributed by atoms with Crippen LogP contribution in [0, 0.1) is 6.92 Å². The van der Waals surface area contributed by atoms with Gasteiger partial charge in [0.05, 0.1) is 5.69 Å². The quantitative estimate of drug-likeness (QED) is 0.523. The fraction of sp³-hybridized carbons (Fsp3) is 0.118. The molecule has 1 aromatic heterocycles. The zero-order chi connectivity index (χ0) is 16.6. The van der Waals surface area contributed by atoms with Gasteiger partial charge in [-0.05, 0) is 49.0 Å². The molecule has 5 nitrogen and oxygen atoms in total. The zero-order valence-electron chi connectivity index (χ0n) is 12.7. The summed E-state index contributed by atoms with van der Waals surface area (Å²) < 4.78 is 1.85. The summed E-state index contributed by atoms with van der Waals surface area (Å²) in [5.74, 6) is -0.904. The van der Waals surface area contributed by atoms with Crippen molar-refractivity contribution in [2.75, 3.05) is 4.90 Å². The average Bonchev–Trinajstić information content (AvgIpc) is 2.91. The van der Waals surface area contributed by atoms with E-state index in [9.17, 15) is 9.59 Å². The van der Waals surface area contributed by atoms with Crippen molar-refractivity contribution in [1.82, 2.24) is 9.88 Å². The minimum Gasteiger partial charge on any atom is -0.357 e. The Labute approximate surface area is 139 Å². The molecular formula is C17H15N3O2S. The molecule has 0 aliphatic carbocycles. The second kappa shape index (κ2) is 5.81. The van der Waals surface area contributed by atoms with E-state index in [1.165, 1.54) is 4.90 Å². The van der Waals surface area contributed by atoms with Crippen molar-refractivity contribution in [2.24, 2.45) is 7.05 Å². The highest BCUT2D eigenvalue weighted by Crippen LogP contribution is 2.22. The molecule has 0 spiro atoms. The van der Waals surface area contributed by atoms with E-state index in [1.54, 1.807) is 18.2 Å². The second-order valence-electron chi connectivity index (χ2n) is 5.40. The van der Waals surface area contributed by atoms with Crippen LogP contribution in [-0.2, 0) is 16.6 Å². The number of aryl methyl sites for hydroxylation is 2. The molecule has 116 valence electrons. The molecule has 23 heavy (non-hydrogen) atoms. The molecule has 0 radical (unpaired) electrons. The Morgan fingerprint density at radius 3 is 2.43 bits per heavy atom. The van der Waals surface area contributed by atoms with Crippen LogP contribution >= 0.6 is 12.2 Å². The molecule has 1 N–H and O–H groups in total. The minimum absolute atomic E-state index is 0.0605. The molecule has 2 heterocycles.